The molecule has 0 radical (unpaired) electrons. The zero-order valence-corrected chi connectivity index (χ0v) is 18.0. The molecule has 1 aromatic heterocycles. The van der Waals surface area contributed by atoms with Crippen LogP contribution in [0.2, 0.25) is 0 Å². The first-order valence-electron chi connectivity index (χ1n) is 10.8. The highest BCUT2D eigenvalue weighted by Crippen LogP contribution is 2.33. The molecule has 5 rings (SSSR count). The number of thioether (sulfide) groups is 1. The first-order valence-corrected chi connectivity index (χ1v) is 11.6. The number of carbonyl (C=O) groups is 1. The summed E-state index contributed by atoms with van der Waals surface area (Å²) in [6, 6.07) is 13.4. The second-order valence-corrected chi connectivity index (χ2v) is 9.17. The Morgan fingerprint density at radius 2 is 1.94 bits per heavy atom. The van der Waals surface area contributed by atoms with Crippen molar-refractivity contribution < 1.29 is 9.21 Å². The van der Waals surface area contributed by atoms with Gasteiger partial charge in [0.15, 0.2) is 5.84 Å². The standard InChI is InChI=1S/C24H24N4O2S/c25-22-19(15-18-12-13-20(30-18)17-9-5-2-6-10-17)23(29)26-24-28(22)27-21(31-24)14-11-16-7-3-1-4-8-16/h2,5-6,9-10,12-13,15-16,25H,1,3-4,7-8,11,14H2/b19-15-,25-22?. The van der Waals surface area contributed by atoms with E-state index in [0.29, 0.717) is 16.7 Å². The molecule has 3 aliphatic rings. The van der Waals surface area contributed by atoms with E-state index in [1.54, 1.807) is 12.1 Å². The van der Waals surface area contributed by atoms with Gasteiger partial charge in [-0.05, 0) is 48.7 Å². The van der Waals surface area contributed by atoms with E-state index >= 15 is 0 Å². The van der Waals surface area contributed by atoms with Crippen LogP contribution in [-0.2, 0) is 4.79 Å². The lowest BCUT2D eigenvalue weighted by Crippen LogP contribution is -2.35. The topological polar surface area (TPSA) is 82.0 Å². The quantitative estimate of drug-likeness (QED) is 0.594. The van der Waals surface area contributed by atoms with E-state index in [4.69, 9.17) is 9.83 Å². The summed E-state index contributed by atoms with van der Waals surface area (Å²) in [5.41, 5.74) is 1.15. The largest absolute Gasteiger partial charge is 0.457 e. The third-order valence-corrected chi connectivity index (χ3v) is 6.93. The summed E-state index contributed by atoms with van der Waals surface area (Å²) in [4.78, 5) is 16.8. The molecule has 2 aliphatic heterocycles. The van der Waals surface area contributed by atoms with Crippen molar-refractivity contribution in [2.45, 2.75) is 44.9 Å². The second-order valence-electron chi connectivity index (χ2n) is 8.12. The number of nitrogens with zero attached hydrogens (tertiary/aromatic N) is 3. The summed E-state index contributed by atoms with van der Waals surface area (Å²) in [5, 5.41) is 16.0. The molecule has 6 nitrogen and oxygen atoms in total. The number of amides is 1. The predicted octanol–water partition coefficient (Wildman–Crippen LogP) is 5.93. The summed E-state index contributed by atoms with van der Waals surface area (Å²) in [6.07, 6.45) is 10.2. The monoisotopic (exact) mass is 432 g/mol. The van der Waals surface area contributed by atoms with Crippen LogP contribution < -0.4 is 0 Å². The van der Waals surface area contributed by atoms with Crippen molar-refractivity contribution in [3.63, 3.8) is 0 Å². The number of nitrogens with one attached hydrogen (secondary N) is 1. The lowest BCUT2D eigenvalue weighted by atomic mass is 9.86. The normalized spacial score (nSPS) is 20.8. The minimum atomic E-state index is -0.426. The number of aliphatic imine (C=N–C) groups is 1. The van der Waals surface area contributed by atoms with Gasteiger partial charge in [-0.3, -0.25) is 10.2 Å². The fourth-order valence-electron chi connectivity index (χ4n) is 4.27. The molecule has 0 spiro atoms. The molecule has 31 heavy (non-hydrogen) atoms. The van der Waals surface area contributed by atoms with Gasteiger partial charge in [0.25, 0.3) is 5.91 Å². The molecule has 7 heteroatoms. The highest BCUT2D eigenvalue weighted by atomic mass is 32.2. The highest BCUT2D eigenvalue weighted by molar-refractivity contribution is 8.26. The number of hydrazone groups is 1. The van der Waals surface area contributed by atoms with Crippen LogP contribution in [0.4, 0.5) is 0 Å². The van der Waals surface area contributed by atoms with E-state index in [2.05, 4.69) is 10.1 Å². The fraction of sp³-hybridized carbons (Fsp3) is 0.333. The van der Waals surface area contributed by atoms with E-state index in [-0.39, 0.29) is 11.4 Å². The zero-order chi connectivity index (χ0) is 21.2. The van der Waals surface area contributed by atoms with Crippen LogP contribution in [0, 0.1) is 11.3 Å². The second kappa shape index (κ2) is 8.67. The van der Waals surface area contributed by atoms with Crippen molar-refractivity contribution in [2.24, 2.45) is 16.0 Å². The van der Waals surface area contributed by atoms with Crippen LogP contribution in [0.25, 0.3) is 17.4 Å². The molecule has 1 aliphatic carbocycles. The van der Waals surface area contributed by atoms with Crippen molar-refractivity contribution in [3.8, 4) is 11.3 Å². The Hall–Kier alpha value is -2.93. The van der Waals surface area contributed by atoms with Crippen LogP contribution in [0.15, 0.2) is 62.5 Å². The third kappa shape index (κ3) is 4.28. The lowest BCUT2D eigenvalue weighted by Gasteiger charge is -2.20. The van der Waals surface area contributed by atoms with Gasteiger partial charge in [-0.15, -0.1) is 0 Å². The Bertz CT molecular complexity index is 1090. The number of hydrogen-bond acceptors (Lipinski definition) is 5. The molecule has 1 saturated carbocycles. The van der Waals surface area contributed by atoms with Crippen molar-refractivity contribution in [2.75, 3.05) is 0 Å². The average molecular weight is 433 g/mol. The molecule has 1 N–H and O–H groups in total. The molecule has 1 fully saturated rings. The Morgan fingerprint density at radius 3 is 2.74 bits per heavy atom. The van der Waals surface area contributed by atoms with Gasteiger partial charge in [-0.25, -0.2) is 0 Å². The molecule has 158 valence electrons. The van der Waals surface area contributed by atoms with Crippen LogP contribution in [0.5, 0.6) is 0 Å². The molecule has 0 bridgehead atoms. The summed E-state index contributed by atoms with van der Waals surface area (Å²) in [5.74, 6) is 1.62. The van der Waals surface area contributed by atoms with Gasteiger partial charge in [-0.2, -0.15) is 15.1 Å². The van der Waals surface area contributed by atoms with Crippen molar-refractivity contribution >= 4 is 39.8 Å². The van der Waals surface area contributed by atoms with E-state index in [1.165, 1.54) is 48.9 Å². The Morgan fingerprint density at radius 1 is 1.13 bits per heavy atom. The van der Waals surface area contributed by atoms with Crippen LogP contribution in [-0.4, -0.2) is 27.0 Å². The first kappa shape index (κ1) is 20.0. The first-order chi connectivity index (χ1) is 15.2. The van der Waals surface area contributed by atoms with Crippen LogP contribution in [0.3, 0.4) is 0 Å². The third-order valence-electron chi connectivity index (χ3n) is 5.96. The van der Waals surface area contributed by atoms with Gasteiger partial charge in [0, 0.05) is 5.56 Å². The van der Waals surface area contributed by atoms with E-state index in [9.17, 15) is 4.79 Å². The summed E-state index contributed by atoms with van der Waals surface area (Å²) in [6.45, 7) is 0. The van der Waals surface area contributed by atoms with Crippen molar-refractivity contribution in [3.05, 3.63) is 53.8 Å². The van der Waals surface area contributed by atoms with Gasteiger partial charge in [-0.1, -0.05) is 62.4 Å². The maximum atomic E-state index is 12.6. The molecule has 1 aromatic carbocycles. The molecule has 0 atom stereocenters. The van der Waals surface area contributed by atoms with E-state index in [1.807, 2.05) is 36.4 Å². The molecule has 0 unspecified atom stereocenters. The van der Waals surface area contributed by atoms with E-state index in [0.717, 1.165) is 29.4 Å². The number of hydrogen-bond donors (Lipinski definition) is 1. The Kier molecular flexibility index (Phi) is 5.59. The predicted molar refractivity (Wildman–Crippen MR) is 125 cm³/mol. The molecule has 1 amide bonds. The smallest absolute Gasteiger partial charge is 0.283 e. The fourth-order valence-corrected chi connectivity index (χ4v) is 5.17. The minimum Gasteiger partial charge on any atom is -0.457 e. The Labute approximate surface area is 185 Å². The number of furan rings is 1. The Balaban J connectivity index is 1.31. The number of rotatable bonds is 5. The minimum absolute atomic E-state index is 0.0489. The van der Waals surface area contributed by atoms with E-state index < -0.39 is 5.91 Å². The summed E-state index contributed by atoms with van der Waals surface area (Å²) in [7, 11) is 0. The molecule has 0 saturated heterocycles. The number of amidine groups is 2. The lowest BCUT2D eigenvalue weighted by molar-refractivity contribution is -0.114. The zero-order valence-electron chi connectivity index (χ0n) is 17.2. The van der Waals surface area contributed by atoms with Crippen LogP contribution >= 0.6 is 11.8 Å². The molecule has 2 aromatic rings. The number of carbonyl (C=O) groups excluding carboxylic acids is 1. The highest BCUT2D eigenvalue weighted by Gasteiger charge is 2.35. The maximum Gasteiger partial charge on any atom is 0.283 e. The SMILES string of the molecule is N=C1/C(=C/c2ccc(-c3ccccc3)o2)C(=O)N=C2SC(CCC3CCCCC3)=NN12. The number of benzene rings is 1. The van der Waals surface area contributed by atoms with Gasteiger partial charge >= 0.3 is 0 Å². The van der Waals surface area contributed by atoms with Gasteiger partial charge in [0.1, 0.15) is 16.6 Å². The average Bonchev–Trinajstić information content (AvgIpc) is 3.44. The molecular formula is C24H24N4O2S. The number of fused-ring (bicyclic) bond motifs is 1. The van der Waals surface area contributed by atoms with Gasteiger partial charge in [0.05, 0.1) is 5.57 Å². The van der Waals surface area contributed by atoms with Crippen molar-refractivity contribution in [1.82, 2.24) is 5.01 Å². The maximum absolute atomic E-state index is 12.6. The molecular weight excluding hydrogens is 408 g/mol. The summed E-state index contributed by atoms with van der Waals surface area (Å²) < 4.78 is 5.87. The van der Waals surface area contributed by atoms with Gasteiger partial charge in [0.2, 0.25) is 5.17 Å². The summed E-state index contributed by atoms with van der Waals surface area (Å²) >= 11 is 1.41. The molecule has 3 heterocycles. The van der Waals surface area contributed by atoms with Crippen molar-refractivity contribution in [1.29, 1.82) is 5.41 Å². The van der Waals surface area contributed by atoms with Crippen LogP contribution in [0.1, 0.15) is 50.7 Å². The van der Waals surface area contributed by atoms with Gasteiger partial charge < -0.3 is 4.42 Å².